The molecule has 0 radical (unpaired) electrons. The molecule has 1 N–H and O–H groups in total. The second-order valence-corrected chi connectivity index (χ2v) is 5.50. The Morgan fingerprint density at radius 1 is 1.27 bits per heavy atom. The number of carbonyl (C=O) groups is 2. The van der Waals surface area contributed by atoms with Gasteiger partial charge in [0.25, 0.3) is 11.8 Å². The Hall–Kier alpha value is -2.37. The number of rotatable bonds is 4. The molecule has 2 amide bonds. The first-order valence-electron chi connectivity index (χ1n) is 7.77. The van der Waals surface area contributed by atoms with Gasteiger partial charge < -0.3 is 10.2 Å². The molecule has 0 aliphatic carbocycles. The van der Waals surface area contributed by atoms with E-state index in [9.17, 15) is 9.59 Å². The van der Waals surface area contributed by atoms with Gasteiger partial charge in [0, 0.05) is 25.8 Å². The molecular weight excluding hydrogens is 280 g/mol. The molecule has 0 spiro atoms. The zero-order valence-electron chi connectivity index (χ0n) is 12.7. The van der Waals surface area contributed by atoms with Crippen molar-refractivity contribution in [2.75, 3.05) is 19.6 Å². The molecule has 1 aliphatic heterocycles. The van der Waals surface area contributed by atoms with Gasteiger partial charge in [-0.3, -0.25) is 14.0 Å². The first kappa shape index (κ1) is 14.6. The quantitative estimate of drug-likeness (QED) is 0.934. The van der Waals surface area contributed by atoms with Crippen molar-refractivity contribution in [2.24, 2.45) is 0 Å². The Balaban J connectivity index is 2.00. The van der Waals surface area contributed by atoms with Crippen molar-refractivity contribution in [3.05, 3.63) is 35.9 Å². The van der Waals surface area contributed by atoms with Gasteiger partial charge in [-0.15, -0.1) is 0 Å². The molecular formula is C16H20N4O2. The van der Waals surface area contributed by atoms with E-state index in [1.54, 1.807) is 10.6 Å². The van der Waals surface area contributed by atoms with Crippen molar-refractivity contribution in [1.82, 2.24) is 19.6 Å². The highest BCUT2D eigenvalue weighted by Crippen LogP contribution is 2.18. The van der Waals surface area contributed by atoms with Crippen LogP contribution in [0.15, 0.2) is 24.4 Å². The summed E-state index contributed by atoms with van der Waals surface area (Å²) in [6.07, 6.45) is 4.68. The maximum Gasteiger partial charge on any atom is 0.287 e. The van der Waals surface area contributed by atoms with Crippen molar-refractivity contribution >= 4 is 17.3 Å². The van der Waals surface area contributed by atoms with Crippen LogP contribution in [0.25, 0.3) is 5.52 Å². The molecule has 6 nitrogen and oxygen atoms in total. The number of nitrogens with one attached hydrogen (secondary N) is 1. The van der Waals surface area contributed by atoms with Crippen molar-refractivity contribution in [1.29, 1.82) is 0 Å². The van der Waals surface area contributed by atoms with Gasteiger partial charge in [0.15, 0.2) is 5.69 Å². The van der Waals surface area contributed by atoms with Gasteiger partial charge in [-0.2, -0.15) is 0 Å². The van der Waals surface area contributed by atoms with E-state index in [-0.39, 0.29) is 17.6 Å². The van der Waals surface area contributed by atoms with Gasteiger partial charge in [0.05, 0.1) is 5.52 Å². The molecule has 0 saturated carbocycles. The first-order valence-corrected chi connectivity index (χ1v) is 7.77. The number of hydrogen-bond donors (Lipinski definition) is 1. The van der Waals surface area contributed by atoms with Crippen molar-refractivity contribution in [2.45, 2.75) is 26.2 Å². The zero-order valence-corrected chi connectivity index (χ0v) is 12.7. The average molecular weight is 300 g/mol. The van der Waals surface area contributed by atoms with Crippen LogP contribution in [0.4, 0.5) is 0 Å². The van der Waals surface area contributed by atoms with Crippen LogP contribution >= 0.6 is 0 Å². The monoisotopic (exact) mass is 300 g/mol. The second-order valence-electron chi connectivity index (χ2n) is 5.50. The first-order chi connectivity index (χ1) is 10.7. The summed E-state index contributed by atoms with van der Waals surface area (Å²) < 4.78 is 1.69. The molecule has 2 aromatic rings. The van der Waals surface area contributed by atoms with Gasteiger partial charge in [0.1, 0.15) is 0 Å². The lowest BCUT2D eigenvalue weighted by molar-refractivity contribution is 0.0789. The molecule has 6 heteroatoms. The molecule has 0 atom stereocenters. The Bertz CT molecular complexity index is 701. The van der Waals surface area contributed by atoms with E-state index in [4.69, 9.17) is 0 Å². The van der Waals surface area contributed by atoms with E-state index in [0.29, 0.717) is 17.8 Å². The van der Waals surface area contributed by atoms with Crippen LogP contribution in [-0.4, -0.2) is 45.7 Å². The molecule has 1 fully saturated rings. The molecule has 0 aromatic carbocycles. The molecule has 116 valence electrons. The summed E-state index contributed by atoms with van der Waals surface area (Å²) in [5.74, 6) is -0.0640. The Labute approximate surface area is 129 Å². The summed E-state index contributed by atoms with van der Waals surface area (Å²) in [7, 11) is 0. The van der Waals surface area contributed by atoms with Gasteiger partial charge in [0.2, 0.25) is 5.82 Å². The van der Waals surface area contributed by atoms with Gasteiger partial charge in [-0.1, -0.05) is 13.0 Å². The minimum atomic E-state index is -0.247. The summed E-state index contributed by atoms with van der Waals surface area (Å²) in [4.78, 5) is 31.0. The minimum Gasteiger partial charge on any atom is -0.349 e. The zero-order chi connectivity index (χ0) is 15.5. The topological polar surface area (TPSA) is 66.7 Å². The summed E-state index contributed by atoms with van der Waals surface area (Å²) in [6, 6.07) is 5.51. The van der Waals surface area contributed by atoms with Crippen LogP contribution in [0.1, 0.15) is 47.3 Å². The third kappa shape index (κ3) is 2.56. The number of imidazole rings is 1. The van der Waals surface area contributed by atoms with E-state index in [1.807, 2.05) is 30.0 Å². The second kappa shape index (κ2) is 6.17. The Morgan fingerprint density at radius 3 is 2.77 bits per heavy atom. The summed E-state index contributed by atoms with van der Waals surface area (Å²) >= 11 is 0. The maximum atomic E-state index is 12.6. The lowest BCUT2D eigenvalue weighted by Crippen LogP contribution is -2.28. The third-order valence-corrected chi connectivity index (χ3v) is 3.88. The van der Waals surface area contributed by atoms with Crippen molar-refractivity contribution in [3.8, 4) is 0 Å². The molecule has 22 heavy (non-hydrogen) atoms. The predicted octanol–water partition coefficient (Wildman–Crippen LogP) is 1.71. The fourth-order valence-electron chi connectivity index (χ4n) is 2.74. The fraction of sp³-hybridized carbons (Fsp3) is 0.438. The van der Waals surface area contributed by atoms with Crippen LogP contribution in [0, 0.1) is 0 Å². The summed E-state index contributed by atoms with van der Waals surface area (Å²) in [6.45, 7) is 4.12. The van der Waals surface area contributed by atoms with Gasteiger partial charge in [-0.25, -0.2) is 4.98 Å². The van der Waals surface area contributed by atoms with Crippen LogP contribution < -0.4 is 5.32 Å². The Kier molecular flexibility index (Phi) is 4.09. The van der Waals surface area contributed by atoms with Gasteiger partial charge in [-0.05, 0) is 31.4 Å². The van der Waals surface area contributed by atoms with E-state index in [2.05, 4.69) is 10.3 Å². The molecule has 0 bridgehead atoms. The number of hydrogen-bond acceptors (Lipinski definition) is 3. The fourth-order valence-corrected chi connectivity index (χ4v) is 2.74. The average Bonchev–Trinajstić information content (AvgIpc) is 3.19. The van der Waals surface area contributed by atoms with Crippen LogP contribution in [0.3, 0.4) is 0 Å². The van der Waals surface area contributed by atoms with E-state index in [1.165, 1.54) is 0 Å². The lowest BCUT2D eigenvalue weighted by Gasteiger charge is -2.13. The predicted molar refractivity (Wildman–Crippen MR) is 83.0 cm³/mol. The van der Waals surface area contributed by atoms with E-state index >= 15 is 0 Å². The van der Waals surface area contributed by atoms with E-state index in [0.717, 1.165) is 32.4 Å². The smallest absolute Gasteiger partial charge is 0.287 e. The number of aromatic nitrogens is 2. The highest BCUT2D eigenvalue weighted by molar-refractivity contribution is 6.02. The molecule has 1 aliphatic rings. The Morgan fingerprint density at radius 2 is 2.05 bits per heavy atom. The number of likely N-dealkylation sites (tertiary alicyclic amines) is 1. The summed E-state index contributed by atoms with van der Waals surface area (Å²) in [5.41, 5.74) is 1.05. The highest BCUT2D eigenvalue weighted by Gasteiger charge is 2.26. The molecule has 0 unspecified atom stereocenters. The largest absolute Gasteiger partial charge is 0.349 e. The highest BCUT2D eigenvalue weighted by atomic mass is 16.2. The normalized spacial score (nSPS) is 14.5. The number of fused-ring (bicyclic) bond motifs is 1. The van der Waals surface area contributed by atoms with Crippen molar-refractivity contribution in [3.63, 3.8) is 0 Å². The number of carbonyl (C=O) groups excluding carboxylic acids is 2. The minimum absolute atomic E-state index is 0.0873. The SMILES string of the molecule is CCCNC(=O)c1nc(C(=O)N2CCCC2)c2ccccn12. The van der Waals surface area contributed by atoms with E-state index < -0.39 is 0 Å². The van der Waals surface area contributed by atoms with Crippen LogP contribution in [0.2, 0.25) is 0 Å². The molecule has 2 aromatic heterocycles. The third-order valence-electron chi connectivity index (χ3n) is 3.88. The van der Waals surface area contributed by atoms with Crippen molar-refractivity contribution < 1.29 is 9.59 Å². The molecule has 1 saturated heterocycles. The number of amides is 2. The summed E-state index contributed by atoms with van der Waals surface area (Å²) in [5, 5.41) is 2.82. The lowest BCUT2D eigenvalue weighted by atomic mass is 10.3. The number of pyridine rings is 1. The standard InChI is InChI=1S/C16H20N4O2/c1-2-8-17-15(21)14-18-13(12-7-3-4-11-20(12)14)16(22)19-9-5-6-10-19/h3-4,7,11H,2,5-6,8-10H2,1H3,(H,17,21). The molecule has 3 heterocycles. The molecule has 3 rings (SSSR count). The van der Waals surface area contributed by atoms with Crippen LogP contribution in [0.5, 0.6) is 0 Å². The number of nitrogens with zero attached hydrogens (tertiary/aromatic N) is 3. The maximum absolute atomic E-state index is 12.6. The van der Waals surface area contributed by atoms with Gasteiger partial charge >= 0.3 is 0 Å². The van der Waals surface area contributed by atoms with Crippen LogP contribution in [-0.2, 0) is 0 Å².